The van der Waals surface area contributed by atoms with Crippen molar-refractivity contribution in [3.8, 4) is 0 Å². The van der Waals surface area contributed by atoms with Gasteiger partial charge in [-0.15, -0.1) is 0 Å². The second-order valence-corrected chi connectivity index (χ2v) is 7.60. The van der Waals surface area contributed by atoms with Crippen LogP contribution in [0.3, 0.4) is 0 Å². The summed E-state index contributed by atoms with van der Waals surface area (Å²) in [5, 5.41) is 20.3. The molecule has 1 saturated carbocycles. The molecule has 5 atom stereocenters. The molecule has 0 radical (unpaired) electrons. The Bertz CT molecular complexity index is 440. The predicted molar refractivity (Wildman–Crippen MR) is 97.6 cm³/mol. The molecule has 2 N–H and O–H groups in total. The average Bonchev–Trinajstić information content (AvgIpc) is 3.34. The Labute approximate surface area is 146 Å². The Morgan fingerprint density at radius 2 is 2.08 bits per heavy atom. The molecule has 0 aliphatic heterocycles. The van der Waals surface area contributed by atoms with Crippen LogP contribution in [0.15, 0.2) is 24.3 Å². The highest BCUT2D eigenvalue weighted by Gasteiger charge is 2.46. The molecule has 2 aliphatic carbocycles. The van der Waals surface area contributed by atoms with Crippen molar-refractivity contribution in [2.75, 3.05) is 0 Å². The van der Waals surface area contributed by atoms with Gasteiger partial charge in [-0.05, 0) is 49.9 Å². The number of aliphatic hydroxyl groups is 2. The highest BCUT2D eigenvalue weighted by molar-refractivity contribution is 5.78. The first kappa shape index (κ1) is 19.4. The summed E-state index contributed by atoms with van der Waals surface area (Å²) in [7, 11) is 0. The van der Waals surface area contributed by atoms with E-state index < -0.39 is 12.2 Å². The Kier molecular flexibility index (Phi) is 8.20. The summed E-state index contributed by atoms with van der Waals surface area (Å²) in [6.07, 6.45) is 16.4. The van der Waals surface area contributed by atoms with Crippen molar-refractivity contribution in [3.63, 3.8) is 0 Å². The maximum Gasteiger partial charge on any atom is 0.133 e. The number of ketones is 1. The van der Waals surface area contributed by atoms with Crippen molar-refractivity contribution < 1.29 is 15.0 Å². The first-order chi connectivity index (χ1) is 11.6. The van der Waals surface area contributed by atoms with Crippen molar-refractivity contribution in [2.45, 2.75) is 83.3 Å². The van der Waals surface area contributed by atoms with Crippen LogP contribution in [0.25, 0.3) is 0 Å². The zero-order valence-electron chi connectivity index (χ0n) is 15.1. The molecule has 3 nitrogen and oxygen atoms in total. The van der Waals surface area contributed by atoms with Crippen LogP contribution in [0.1, 0.15) is 71.1 Å². The first-order valence-corrected chi connectivity index (χ1v) is 9.83. The van der Waals surface area contributed by atoms with Gasteiger partial charge in [0.25, 0.3) is 0 Å². The van der Waals surface area contributed by atoms with Crippen LogP contribution in [0, 0.1) is 17.8 Å². The van der Waals surface area contributed by atoms with E-state index in [9.17, 15) is 15.0 Å². The zero-order chi connectivity index (χ0) is 17.4. The molecule has 0 spiro atoms. The number of unbranched alkanes of at least 4 members (excludes halogenated alkanes) is 2. The quantitative estimate of drug-likeness (QED) is 0.517. The second-order valence-electron chi connectivity index (χ2n) is 7.60. The summed E-state index contributed by atoms with van der Waals surface area (Å²) in [6, 6.07) is 0. The molecule has 1 fully saturated rings. The van der Waals surface area contributed by atoms with E-state index in [1.54, 1.807) is 12.2 Å². The van der Waals surface area contributed by atoms with Crippen LogP contribution >= 0.6 is 0 Å². The SMILES string of the molecule is CCCCCC(O)C=CC(O)C1CC1C1CC=CCCCC(=O)C1. The molecule has 2 rings (SSSR count). The van der Waals surface area contributed by atoms with Gasteiger partial charge in [-0.2, -0.15) is 0 Å². The van der Waals surface area contributed by atoms with Crippen molar-refractivity contribution >= 4 is 5.78 Å². The molecule has 2 aliphatic rings. The zero-order valence-corrected chi connectivity index (χ0v) is 15.1. The first-order valence-electron chi connectivity index (χ1n) is 9.83. The molecule has 3 heteroatoms. The van der Waals surface area contributed by atoms with Gasteiger partial charge in [0, 0.05) is 12.8 Å². The lowest BCUT2D eigenvalue weighted by atomic mass is 9.91. The molecule has 0 aromatic rings. The number of Topliss-reactive ketones (excluding diaryl/α,β-unsaturated/α-hetero) is 1. The normalized spacial score (nSPS) is 30.6. The third-order valence-corrected chi connectivity index (χ3v) is 5.49. The van der Waals surface area contributed by atoms with Gasteiger partial charge in [0.1, 0.15) is 5.78 Å². The van der Waals surface area contributed by atoms with E-state index in [0.29, 0.717) is 30.5 Å². The lowest BCUT2D eigenvalue weighted by Crippen LogP contribution is -2.15. The smallest absolute Gasteiger partial charge is 0.133 e. The summed E-state index contributed by atoms with van der Waals surface area (Å²) in [6.45, 7) is 2.15. The molecule has 0 saturated heterocycles. The lowest BCUT2D eigenvalue weighted by Gasteiger charge is -2.15. The van der Waals surface area contributed by atoms with Crippen LogP contribution in [0.2, 0.25) is 0 Å². The van der Waals surface area contributed by atoms with Crippen LogP contribution in [0.4, 0.5) is 0 Å². The van der Waals surface area contributed by atoms with Crippen molar-refractivity contribution in [2.24, 2.45) is 17.8 Å². The molecule has 136 valence electrons. The fourth-order valence-corrected chi connectivity index (χ4v) is 3.86. The number of allylic oxidation sites excluding steroid dienone is 2. The summed E-state index contributed by atoms with van der Waals surface area (Å²) in [5.41, 5.74) is 0. The van der Waals surface area contributed by atoms with Gasteiger partial charge < -0.3 is 10.2 Å². The van der Waals surface area contributed by atoms with E-state index in [-0.39, 0.29) is 5.92 Å². The predicted octanol–water partition coefficient (Wildman–Crippen LogP) is 4.19. The molecule has 0 bridgehead atoms. The molecular formula is C21H34O3. The molecule has 0 heterocycles. The number of carbonyl (C=O) groups excluding carboxylic acids is 1. The standard InChI is InChI=1S/C21H34O3/c1-2-3-6-10-17(22)12-13-21(24)20-15-19(20)16-9-7-4-5-8-11-18(23)14-16/h4,7,12-13,16-17,19-22,24H,2-3,5-6,8-11,14-15H2,1H3. The Hall–Kier alpha value is -0.930. The van der Waals surface area contributed by atoms with Gasteiger partial charge in [0.05, 0.1) is 12.2 Å². The number of hydrogen-bond donors (Lipinski definition) is 2. The Morgan fingerprint density at radius 3 is 2.88 bits per heavy atom. The van der Waals surface area contributed by atoms with E-state index >= 15 is 0 Å². The largest absolute Gasteiger partial charge is 0.389 e. The van der Waals surface area contributed by atoms with Crippen LogP contribution in [0.5, 0.6) is 0 Å². The van der Waals surface area contributed by atoms with Crippen LogP contribution in [-0.2, 0) is 4.79 Å². The van der Waals surface area contributed by atoms with Gasteiger partial charge in [-0.25, -0.2) is 0 Å². The number of hydrogen-bond acceptors (Lipinski definition) is 3. The second kappa shape index (κ2) is 10.1. The van der Waals surface area contributed by atoms with Crippen molar-refractivity contribution in [1.82, 2.24) is 0 Å². The molecule has 0 aromatic carbocycles. The van der Waals surface area contributed by atoms with Gasteiger partial charge in [0.2, 0.25) is 0 Å². The summed E-state index contributed by atoms with van der Waals surface area (Å²) >= 11 is 0. The number of rotatable bonds is 8. The van der Waals surface area contributed by atoms with E-state index in [2.05, 4.69) is 19.1 Å². The minimum absolute atomic E-state index is 0.260. The van der Waals surface area contributed by atoms with Gasteiger partial charge in [-0.3, -0.25) is 4.79 Å². The van der Waals surface area contributed by atoms with Gasteiger partial charge in [0.15, 0.2) is 0 Å². The maximum atomic E-state index is 12.0. The number of aliphatic hydroxyl groups excluding tert-OH is 2. The Morgan fingerprint density at radius 1 is 1.25 bits per heavy atom. The summed E-state index contributed by atoms with van der Waals surface area (Å²) in [4.78, 5) is 12.0. The highest BCUT2D eigenvalue weighted by atomic mass is 16.3. The topological polar surface area (TPSA) is 57.5 Å². The summed E-state index contributed by atoms with van der Waals surface area (Å²) in [5.74, 6) is 1.48. The third-order valence-electron chi connectivity index (χ3n) is 5.49. The lowest BCUT2D eigenvalue weighted by molar-refractivity contribution is -0.120. The molecule has 0 amide bonds. The average molecular weight is 335 g/mol. The molecule has 5 unspecified atom stereocenters. The van der Waals surface area contributed by atoms with E-state index in [4.69, 9.17) is 0 Å². The fraction of sp³-hybridized carbons (Fsp3) is 0.762. The van der Waals surface area contributed by atoms with Crippen LogP contribution < -0.4 is 0 Å². The van der Waals surface area contributed by atoms with E-state index in [1.165, 1.54) is 0 Å². The monoisotopic (exact) mass is 334 g/mol. The van der Waals surface area contributed by atoms with Crippen LogP contribution in [-0.4, -0.2) is 28.2 Å². The molecule has 0 aromatic heterocycles. The van der Waals surface area contributed by atoms with Gasteiger partial charge in [-0.1, -0.05) is 50.5 Å². The highest BCUT2D eigenvalue weighted by Crippen LogP contribution is 2.49. The molecular weight excluding hydrogens is 300 g/mol. The Balaban J connectivity index is 1.78. The minimum atomic E-state index is -0.484. The van der Waals surface area contributed by atoms with Gasteiger partial charge >= 0.3 is 0 Å². The fourth-order valence-electron chi connectivity index (χ4n) is 3.86. The van der Waals surface area contributed by atoms with Crippen molar-refractivity contribution in [3.05, 3.63) is 24.3 Å². The van der Waals surface area contributed by atoms with Crippen molar-refractivity contribution in [1.29, 1.82) is 0 Å². The molecule has 24 heavy (non-hydrogen) atoms. The minimum Gasteiger partial charge on any atom is -0.389 e. The maximum absolute atomic E-state index is 12.0. The third kappa shape index (κ3) is 6.52. The van der Waals surface area contributed by atoms with E-state index in [1.807, 2.05) is 0 Å². The number of carbonyl (C=O) groups is 1. The van der Waals surface area contributed by atoms with E-state index in [0.717, 1.165) is 51.4 Å². The summed E-state index contributed by atoms with van der Waals surface area (Å²) < 4.78 is 0.